The molecule has 1 unspecified atom stereocenters. The number of ether oxygens (including phenoxy) is 1. The van der Waals surface area contributed by atoms with Crippen LogP contribution < -0.4 is 5.32 Å². The molecule has 0 aromatic heterocycles. The number of esters is 1. The van der Waals surface area contributed by atoms with Crippen LogP contribution in [0.3, 0.4) is 0 Å². The van der Waals surface area contributed by atoms with Crippen molar-refractivity contribution in [2.75, 3.05) is 13.7 Å². The Bertz CT molecular complexity index is 215. The second kappa shape index (κ2) is 4.88. The number of methoxy groups -OCH3 is 1. The average molecular weight is 183 g/mol. The lowest BCUT2D eigenvalue weighted by Gasteiger charge is -2.21. The minimum Gasteiger partial charge on any atom is -0.469 e. The fraction of sp³-hybridized carbons (Fsp3) is 0.700. The summed E-state index contributed by atoms with van der Waals surface area (Å²) in [5.74, 6) is 2.20. The Kier molecular flexibility index (Phi) is 4.50. The fourth-order valence-corrected chi connectivity index (χ4v) is 0.744. The van der Waals surface area contributed by atoms with Crippen LogP contribution in [-0.2, 0) is 9.53 Å². The number of carbonyl (C=O) groups is 1. The molecule has 0 spiro atoms. The van der Waals surface area contributed by atoms with Crippen LogP contribution in [0.25, 0.3) is 0 Å². The fourth-order valence-electron chi connectivity index (χ4n) is 0.744. The molecular formula is C10H17NO2. The molecule has 0 aromatic carbocycles. The summed E-state index contributed by atoms with van der Waals surface area (Å²) in [4.78, 5) is 11.0. The number of hydrogen-bond donors (Lipinski definition) is 1. The van der Waals surface area contributed by atoms with Crippen molar-refractivity contribution in [2.24, 2.45) is 5.92 Å². The zero-order valence-electron chi connectivity index (χ0n) is 8.68. The minimum atomic E-state index is -0.373. The zero-order chi connectivity index (χ0) is 10.5. The van der Waals surface area contributed by atoms with Gasteiger partial charge in [-0.05, 0) is 13.8 Å². The molecule has 74 valence electrons. The Morgan fingerprint density at radius 1 is 1.69 bits per heavy atom. The van der Waals surface area contributed by atoms with E-state index in [1.54, 1.807) is 6.92 Å². The normalized spacial score (nSPS) is 13.2. The van der Waals surface area contributed by atoms with Crippen molar-refractivity contribution in [1.29, 1.82) is 0 Å². The van der Waals surface area contributed by atoms with E-state index in [1.807, 2.05) is 13.8 Å². The minimum absolute atomic E-state index is 0.169. The van der Waals surface area contributed by atoms with Gasteiger partial charge in [-0.15, -0.1) is 6.42 Å². The van der Waals surface area contributed by atoms with Gasteiger partial charge in [0.25, 0.3) is 0 Å². The van der Waals surface area contributed by atoms with Gasteiger partial charge >= 0.3 is 5.97 Å². The van der Waals surface area contributed by atoms with Crippen molar-refractivity contribution in [3.63, 3.8) is 0 Å². The summed E-state index contributed by atoms with van der Waals surface area (Å²) in [5.41, 5.74) is -0.373. The molecule has 0 aromatic rings. The highest BCUT2D eigenvalue weighted by molar-refractivity contribution is 5.72. The lowest BCUT2D eigenvalue weighted by atomic mass is 10.1. The van der Waals surface area contributed by atoms with Crippen molar-refractivity contribution < 1.29 is 9.53 Å². The van der Waals surface area contributed by atoms with Crippen LogP contribution in [0.5, 0.6) is 0 Å². The number of rotatable bonds is 4. The van der Waals surface area contributed by atoms with Crippen molar-refractivity contribution in [3.8, 4) is 12.3 Å². The highest BCUT2D eigenvalue weighted by Gasteiger charge is 2.18. The van der Waals surface area contributed by atoms with Crippen molar-refractivity contribution in [2.45, 2.75) is 26.3 Å². The third-order valence-corrected chi connectivity index (χ3v) is 1.81. The van der Waals surface area contributed by atoms with Crippen LogP contribution in [0.15, 0.2) is 0 Å². The molecule has 13 heavy (non-hydrogen) atoms. The Balaban J connectivity index is 3.91. The van der Waals surface area contributed by atoms with Gasteiger partial charge in [-0.25, -0.2) is 0 Å². The van der Waals surface area contributed by atoms with E-state index in [0.717, 1.165) is 0 Å². The molecule has 0 saturated carbocycles. The summed E-state index contributed by atoms with van der Waals surface area (Å²) in [6.07, 6.45) is 5.27. The van der Waals surface area contributed by atoms with Crippen LogP contribution in [0.1, 0.15) is 20.8 Å². The second-order valence-electron chi connectivity index (χ2n) is 3.57. The van der Waals surface area contributed by atoms with Gasteiger partial charge in [0.2, 0.25) is 0 Å². The highest BCUT2D eigenvalue weighted by atomic mass is 16.5. The van der Waals surface area contributed by atoms with Gasteiger partial charge < -0.3 is 10.1 Å². The Morgan fingerprint density at radius 3 is 2.62 bits per heavy atom. The molecule has 3 heteroatoms. The molecule has 0 saturated heterocycles. The van der Waals surface area contributed by atoms with E-state index in [2.05, 4.69) is 16.0 Å². The summed E-state index contributed by atoms with van der Waals surface area (Å²) in [5, 5.41) is 3.09. The van der Waals surface area contributed by atoms with E-state index in [0.29, 0.717) is 6.54 Å². The standard InChI is InChI=1S/C10H17NO2/c1-6-10(3,4)11-7-8(2)9(12)13-5/h1,8,11H,7H2,2-5H3. The van der Waals surface area contributed by atoms with E-state index >= 15 is 0 Å². The molecule has 0 amide bonds. The molecule has 0 aliphatic heterocycles. The third-order valence-electron chi connectivity index (χ3n) is 1.81. The van der Waals surface area contributed by atoms with Gasteiger partial charge in [-0.3, -0.25) is 4.79 Å². The molecule has 1 N–H and O–H groups in total. The summed E-state index contributed by atoms with van der Waals surface area (Å²) in [7, 11) is 1.38. The van der Waals surface area contributed by atoms with Gasteiger partial charge in [-0.1, -0.05) is 12.8 Å². The lowest BCUT2D eigenvalue weighted by Crippen LogP contribution is -2.41. The van der Waals surface area contributed by atoms with Crippen molar-refractivity contribution >= 4 is 5.97 Å². The van der Waals surface area contributed by atoms with Crippen LogP contribution in [0.2, 0.25) is 0 Å². The quantitative estimate of drug-likeness (QED) is 0.517. The maximum absolute atomic E-state index is 11.0. The average Bonchev–Trinajstić information content (AvgIpc) is 2.13. The van der Waals surface area contributed by atoms with Crippen molar-refractivity contribution in [3.05, 3.63) is 0 Å². The topological polar surface area (TPSA) is 38.3 Å². The first kappa shape index (κ1) is 12.0. The van der Waals surface area contributed by atoms with Gasteiger partial charge in [0.15, 0.2) is 0 Å². The van der Waals surface area contributed by atoms with E-state index in [1.165, 1.54) is 7.11 Å². The number of carbonyl (C=O) groups excluding carboxylic acids is 1. The lowest BCUT2D eigenvalue weighted by molar-refractivity contribution is -0.144. The molecule has 0 heterocycles. The molecule has 3 nitrogen and oxygen atoms in total. The van der Waals surface area contributed by atoms with Gasteiger partial charge in [0, 0.05) is 6.54 Å². The van der Waals surface area contributed by atoms with Crippen LogP contribution in [-0.4, -0.2) is 25.2 Å². The molecule has 0 rings (SSSR count). The predicted octanol–water partition coefficient (Wildman–Crippen LogP) is 0.797. The molecule has 0 radical (unpaired) electrons. The summed E-state index contributed by atoms with van der Waals surface area (Å²) in [6, 6.07) is 0. The first-order chi connectivity index (χ1) is 5.93. The van der Waals surface area contributed by atoms with Crippen LogP contribution in [0, 0.1) is 18.3 Å². The SMILES string of the molecule is C#CC(C)(C)NCC(C)C(=O)OC. The second-order valence-corrected chi connectivity index (χ2v) is 3.57. The summed E-state index contributed by atoms with van der Waals surface area (Å²) < 4.78 is 4.58. The number of hydrogen-bond acceptors (Lipinski definition) is 3. The predicted molar refractivity (Wildman–Crippen MR) is 52.1 cm³/mol. The molecule has 0 fully saturated rings. The summed E-state index contributed by atoms with van der Waals surface area (Å²) >= 11 is 0. The molecule has 0 bridgehead atoms. The smallest absolute Gasteiger partial charge is 0.309 e. The Labute approximate surface area is 79.8 Å². The van der Waals surface area contributed by atoms with Gasteiger partial charge in [-0.2, -0.15) is 0 Å². The Hall–Kier alpha value is -1.01. The zero-order valence-corrected chi connectivity index (χ0v) is 8.68. The van der Waals surface area contributed by atoms with E-state index < -0.39 is 0 Å². The first-order valence-electron chi connectivity index (χ1n) is 4.23. The monoisotopic (exact) mass is 183 g/mol. The number of nitrogens with one attached hydrogen (secondary N) is 1. The molecular weight excluding hydrogens is 166 g/mol. The molecule has 1 atom stereocenters. The first-order valence-corrected chi connectivity index (χ1v) is 4.23. The van der Waals surface area contributed by atoms with Gasteiger partial charge in [0.1, 0.15) is 0 Å². The maximum atomic E-state index is 11.0. The maximum Gasteiger partial charge on any atom is 0.309 e. The molecule has 0 aliphatic rings. The number of terminal acetylenes is 1. The van der Waals surface area contributed by atoms with E-state index in [4.69, 9.17) is 6.42 Å². The summed E-state index contributed by atoms with van der Waals surface area (Å²) in [6.45, 7) is 6.10. The van der Waals surface area contributed by atoms with Crippen LogP contribution in [0.4, 0.5) is 0 Å². The Morgan fingerprint density at radius 2 is 2.23 bits per heavy atom. The van der Waals surface area contributed by atoms with Crippen molar-refractivity contribution in [1.82, 2.24) is 5.32 Å². The molecule has 0 aliphatic carbocycles. The van der Waals surface area contributed by atoms with E-state index in [9.17, 15) is 4.79 Å². The van der Waals surface area contributed by atoms with E-state index in [-0.39, 0.29) is 17.4 Å². The highest BCUT2D eigenvalue weighted by Crippen LogP contribution is 2.02. The largest absolute Gasteiger partial charge is 0.469 e. The third kappa shape index (κ3) is 4.54. The van der Waals surface area contributed by atoms with Crippen LogP contribution >= 0.6 is 0 Å². The van der Waals surface area contributed by atoms with Gasteiger partial charge in [0.05, 0.1) is 18.6 Å².